The van der Waals surface area contributed by atoms with E-state index in [0.717, 1.165) is 32.7 Å². The zero-order valence-corrected chi connectivity index (χ0v) is 23.2. The van der Waals surface area contributed by atoms with Crippen LogP contribution in [0.4, 0.5) is 5.69 Å². The SMILES string of the molecule is CCOC(=O)[C@H](CSCC(=O)Nc1c(Br)cc(Br)cc1CNCC1CCCCC1)NC(C)=O. The van der Waals surface area contributed by atoms with Gasteiger partial charge in [0.05, 0.1) is 18.0 Å². The molecular formula is C23H33Br2N3O4S. The van der Waals surface area contributed by atoms with Gasteiger partial charge >= 0.3 is 5.97 Å². The number of ether oxygens (including phenoxy) is 1. The van der Waals surface area contributed by atoms with Crippen molar-refractivity contribution in [2.75, 3.05) is 30.0 Å². The van der Waals surface area contributed by atoms with Crippen LogP contribution in [0.15, 0.2) is 21.1 Å². The summed E-state index contributed by atoms with van der Waals surface area (Å²) in [5.74, 6) is 0.127. The molecule has 33 heavy (non-hydrogen) atoms. The number of rotatable bonds is 12. The maximum atomic E-state index is 12.6. The van der Waals surface area contributed by atoms with Gasteiger partial charge in [-0.1, -0.05) is 35.2 Å². The van der Waals surface area contributed by atoms with Crippen LogP contribution < -0.4 is 16.0 Å². The Labute approximate surface area is 217 Å². The van der Waals surface area contributed by atoms with Crippen molar-refractivity contribution in [1.29, 1.82) is 0 Å². The predicted octanol–water partition coefficient (Wildman–Crippen LogP) is 4.62. The van der Waals surface area contributed by atoms with E-state index in [2.05, 4.69) is 47.8 Å². The first-order valence-corrected chi connectivity index (χ1v) is 14.0. The summed E-state index contributed by atoms with van der Waals surface area (Å²) in [6.45, 7) is 4.92. The quantitative estimate of drug-likeness (QED) is 0.301. The molecule has 1 atom stereocenters. The van der Waals surface area contributed by atoms with Crippen molar-refractivity contribution in [3.63, 3.8) is 0 Å². The summed E-state index contributed by atoms with van der Waals surface area (Å²) < 4.78 is 6.73. The number of thioether (sulfide) groups is 1. The van der Waals surface area contributed by atoms with Crippen molar-refractivity contribution in [2.24, 2.45) is 5.92 Å². The van der Waals surface area contributed by atoms with Crippen molar-refractivity contribution in [3.05, 3.63) is 26.6 Å². The van der Waals surface area contributed by atoms with E-state index >= 15 is 0 Å². The van der Waals surface area contributed by atoms with Crippen LogP contribution in [0.1, 0.15) is 51.5 Å². The van der Waals surface area contributed by atoms with Crippen LogP contribution in [0, 0.1) is 5.92 Å². The maximum Gasteiger partial charge on any atom is 0.329 e. The zero-order chi connectivity index (χ0) is 24.2. The van der Waals surface area contributed by atoms with Crippen LogP contribution in [-0.4, -0.2) is 48.5 Å². The Kier molecular flexibility index (Phi) is 12.8. The number of benzene rings is 1. The highest BCUT2D eigenvalue weighted by molar-refractivity contribution is 9.11. The zero-order valence-electron chi connectivity index (χ0n) is 19.2. The first-order valence-electron chi connectivity index (χ1n) is 11.3. The molecule has 0 radical (unpaired) electrons. The normalized spacial score (nSPS) is 15.0. The molecule has 0 saturated heterocycles. The molecule has 0 bridgehead atoms. The molecule has 0 heterocycles. The van der Waals surface area contributed by atoms with Crippen molar-refractivity contribution >= 4 is 67.1 Å². The van der Waals surface area contributed by atoms with Crippen LogP contribution >= 0.6 is 43.6 Å². The molecule has 7 nitrogen and oxygen atoms in total. The Morgan fingerprint density at radius 2 is 1.91 bits per heavy atom. The molecular weight excluding hydrogens is 574 g/mol. The largest absolute Gasteiger partial charge is 0.464 e. The van der Waals surface area contributed by atoms with Gasteiger partial charge in [-0.15, -0.1) is 11.8 Å². The second-order valence-corrected chi connectivity index (χ2v) is 10.9. The Morgan fingerprint density at radius 3 is 2.58 bits per heavy atom. The van der Waals surface area contributed by atoms with E-state index in [1.54, 1.807) is 6.92 Å². The second kappa shape index (κ2) is 15.0. The molecule has 1 aromatic rings. The topological polar surface area (TPSA) is 96.5 Å². The fraction of sp³-hybridized carbons (Fsp3) is 0.609. The van der Waals surface area contributed by atoms with E-state index in [4.69, 9.17) is 4.74 Å². The monoisotopic (exact) mass is 605 g/mol. The molecule has 1 aliphatic rings. The first kappa shape index (κ1) is 28.1. The highest BCUT2D eigenvalue weighted by atomic mass is 79.9. The molecule has 1 aliphatic carbocycles. The summed E-state index contributed by atoms with van der Waals surface area (Å²) in [5.41, 5.74) is 1.73. The third kappa shape index (κ3) is 10.4. The van der Waals surface area contributed by atoms with Crippen LogP contribution in [0.3, 0.4) is 0 Å². The molecule has 1 saturated carbocycles. The number of hydrogen-bond donors (Lipinski definition) is 3. The lowest BCUT2D eigenvalue weighted by atomic mass is 9.89. The molecule has 3 N–H and O–H groups in total. The Morgan fingerprint density at radius 1 is 1.18 bits per heavy atom. The molecule has 184 valence electrons. The van der Waals surface area contributed by atoms with Gasteiger partial charge in [0.2, 0.25) is 11.8 Å². The van der Waals surface area contributed by atoms with Crippen LogP contribution in [0.25, 0.3) is 0 Å². The van der Waals surface area contributed by atoms with Crippen LogP contribution in [0.5, 0.6) is 0 Å². The number of hydrogen-bond acceptors (Lipinski definition) is 6. The Bertz CT molecular complexity index is 819. The van der Waals surface area contributed by atoms with E-state index < -0.39 is 12.0 Å². The molecule has 2 amide bonds. The summed E-state index contributed by atoms with van der Waals surface area (Å²) >= 11 is 8.36. The van der Waals surface area contributed by atoms with Crippen molar-refractivity contribution in [2.45, 2.75) is 58.5 Å². The summed E-state index contributed by atoms with van der Waals surface area (Å²) in [6.07, 6.45) is 6.52. The Hall–Kier alpha value is -1.10. The van der Waals surface area contributed by atoms with Gasteiger partial charge < -0.3 is 20.7 Å². The van der Waals surface area contributed by atoms with Gasteiger partial charge in [0.15, 0.2) is 0 Å². The van der Waals surface area contributed by atoms with E-state index in [1.165, 1.54) is 50.8 Å². The molecule has 0 aliphatic heterocycles. The lowest BCUT2D eigenvalue weighted by Crippen LogP contribution is -2.42. The van der Waals surface area contributed by atoms with Crippen molar-refractivity contribution in [3.8, 4) is 0 Å². The summed E-state index contributed by atoms with van der Waals surface area (Å²) in [4.78, 5) is 36.0. The molecule has 0 spiro atoms. The maximum absolute atomic E-state index is 12.6. The van der Waals surface area contributed by atoms with E-state index in [1.807, 2.05) is 12.1 Å². The average Bonchev–Trinajstić information content (AvgIpc) is 2.76. The third-order valence-corrected chi connectivity index (χ3v) is 7.46. The fourth-order valence-corrected chi connectivity index (χ4v) is 6.05. The third-order valence-electron chi connectivity index (χ3n) is 5.34. The van der Waals surface area contributed by atoms with Gasteiger partial charge in [0.25, 0.3) is 0 Å². The van der Waals surface area contributed by atoms with Gasteiger partial charge in [-0.25, -0.2) is 4.79 Å². The van der Waals surface area contributed by atoms with Crippen molar-refractivity contribution < 1.29 is 19.1 Å². The molecule has 10 heteroatoms. The first-order chi connectivity index (χ1) is 15.8. The number of carbonyl (C=O) groups is 3. The molecule has 0 aromatic heterocycles. The van der Waals surface area contributed by atoms with E-state index in [0.29, 0.717) is 6.54 Å². The van der Waals surface area contributed by atoms with E-state index in [9.17, 15) is 14.4 Å². The van der Waals surface area contributed by atoms with Gasteiger partial charge in [0, 0.05) is 28.2 Å². The average molecular weight is 607 g/mol. The van der Waals surface area contributed by atoms with Crippen LogP contribution in [0.2, 0.25) is 0 Å². The number of amides is 2. The number of nitrogens with one attached hydrogen (secondary N) is 3. The van der Waals surface area contributed by atoms with Gasteiger partial charge in [0.1, 0.15) is 6.04 Å². The van der Waals surface area contributed by atoms with Crippen molar-refractivity contribution in [1.82, 2.24) is 10.6 Å². The van der Waals surface area contributed by atoms with Gasteiger partial charge in [-0.05, 0) is 65.9 Å². The minimum atomic E-state index is -0.779. The minimum absolute atomic E-state index is 0.146. The summed E-state index contributed by atoms with van der Waals surface area (Å²) in [5, 5.41) is 9.12. The molecule has 1 fully saturated rings. The standard InChI is InChI=1S/C23H33Br2N3O4S/c1-3-32-23(31)20(27-15(2)29)13-33-14-21(30)28-22-17(9-18(24)10-19(22)25)12-26-11-16-7-5-4-6-8-16/h9-10,16,20,26H,3-8,11-14H2,1-2H3,(H,27,29)(H,28,30)/t20-/m0/s1. The summed E-state index contributed by atoms with van der Waals surface area (Å²) in [6, 6.07) is 3.13. The predicted molar refractivity (Wildman–Crippen MR) is 140 cm³/mol. The number of halogens is 2. The number of carbonyl (C=O) groups excluding carboxylic acids is 3. The van der Waals surface area contributed by atoms with Gasteiger partial charge in [-0.3, -0.25) is 9.59 Å². The van der Waals surface area contributed by atoms with Crippen LogP contribution in [-0.2, 0) is 25.7 Å². The highest BCUT2D eigenvalue weighted by Crippen LogP contribution is 2.31. The second-order valence-electron chi connectivity index (χ2n) is 8.13. The number of esters is 1. The summed E-state index contributed by atoms with van der Waals surface area (Å²) in [7, 11) is 0. The minimum Gasteiger partial charge on any atom is -0.464 e. The smallest absolute Gasteiger partial charge is 0.329 e. The van der Waals surface area contributed by atoms with E-state index in [-0.39, 0.29) is 29.9 Å². The van der Waals surface area contributed by atoms with Gasteiger partial charge in [-0.2, -0.15) is 0 Å². The molecule has 1 aromatic carbocycles. The fourth-order valence-electron chi connectivity index (χ4n) is 3.81. The lowest BCUT2D eigenvalue weighted by Gasteiger charge is -2.22. The number of anilines is 1. The highest BCUT2D eigenvalue weighted by Gasteiger charge is 2.21. The lowest BCUT2D eigenvalue weighted by molar-refractivity contribution is -0.146. The molecule has 2 rings (SSSR count). The molecule has 0 unspecified atom stereocenters. The Balaban J connectivity index is 1.91.